The summed E-state index contributed by atoms with van der Waals surface area (Å²) in [5.74, 6) is 0.344. The molecule has 5 rings (SSSR count). The van der Waals surface area contributed by atoms with Crippen molar-refractivity contribution >= 4 is 22.9 Å². The molecule has 0 aliphatic heterocycles. The van der Waals surface area contributed by atoms with Crippen LogP contribution in [0.25, 0.3) is 17.0 Å². The van der Waals surface area contributed by atoms with Crippen molar-refractivity contribution in [2.24, 2.45) is 5.92 Å². The van der Waals surface area contributed by atoms with Crippen molar-refractivity contribution < 1.29 is 10.0 Å². The smallest absolute Gasteiger partial charge is 0.267 e. The van der Waals surface area contributed by atoms with Crippen LogP contribution in [0.4, 0.5) is 0 Å². The van der Waals surface area contributed by atoms with Gasteiger partial charge in [-0.2, -0.15) is 0 Å². The predicted octanol–water partition coefficient (Wildman–Crippen LogP) is 4.56. The van der Waals surface area contributed by atoms with Gasteiger partial charge in [0.1, 0.15) is 0 Å². The van der Waals surface area contributed by atoms with Crippen LogP contribution in [0.15, 0.2) is 60.8 Å². The third-order valence-electron chi connectivity index (χ3n) is 6.69. The summed E-state index contributed by atoms with van der Waals surface area (Å²) in [6, 6.07) is 17.8. The van der Waals surface area contributed by atoms with Crippen molar-refractivity contribution in [3.63, 3.8) is 0 Å². The first-order valence-corrected chi connectivity index (χ1v) is 11.2. The highest BCUT2D eigenvalue weighted by Gasteiger charge is 2.32. The first kappa shape index (κ1) is 20.0. The van der Waals surface area contributed by atoms with E-state index in [1.165, 1.54) is 47.5 Å². The van der Waals surface area contributed by atoms with Crippen LogP contribution in [-0.2, 0) is 17.8 Å². The molecule has 0 saturated heterocycles. The van der Waals surface area contributed by atoms with Gasteiger partial charge in [0.25, 0.3) is 5.91 Å². The molecule has 0 bridgehead atoms. The van der Waals surface area contributed by atoms with Crippen molar-refractivity contribution in [2.45, 2.75) is 38.3 Å². The predicted molar refractivity (Wildman–Crippen MR) is 123 cm³/mol. The van der Waals surface area contributed by atoms with Gasteiger partial charge in [0.05, 0.1) is 0 Å². The zero-order valence-corrected chi connectivity index (χ0v) is 17.7. The molecule has 2 aliphatic carbocycles. The van der Waals surface area contributed by atoms with Crippen LogP contribution >= 0.6 is 0 Å². The number of nitrogens with zero attached hydrogens (tertiary/aromatic N) is 2. The second-order valence-corrected chi connectivity index (χ2v) is 8.83. The van der Waals surface area contributed by atoms with Gasteiger partial charge in [-0.3, -0.25) is 14.9 Å². The molecule has 2 aromatic carbocycles. The molecule has 1 amide bonds. The summed E-state index contributed by atoms with van der Waals surface area (Å²) < 4.78 is 2.38. The Morgan fingerprint density at radius 1 is 1.16 bits per heavy atom. The van der Waals surface area contributed by atoms with Gasteiger partial charge >= 0.3 is 0 Å². The SMILES string of the molecule is O=C(/C=C/c1ccc2c(c1)CCC2N(CCn1ccc2ccccc21)CC1CC1)NO. The lowest BCUT2D eigenvalue weighted by Crippen LogP contribution is -2.32. The van der Waals surface area contributed by atoms with E-state index in [0.29, 0.717) is 6.04 Å². The fourth-order valence-corrected chi connectivity index (χ4v) is 4.89. The topological polar surface area (TPSA) is 57.5 Å². The van der Waals surface area contributed by atoms with Crippen LogP contribution in [-0.4, -0.2) is 33.7 Å². The molecule has 1 heterocycles. The van der Waals surface area contributed by atoms with Gasteiger partial charge in [0.15, 0.2) is 0 Å². The molecule has 5 heteroatoms. The summed E-state index contributed by atoms with van der Waals surface area (Å²) in [6.45, 7) is 3.24. The largest absolute Gasteiger partial charge is 0.346 e. The van der Waals surface area contributed by atoms with Crippen LogP contribution in [0.5, 0.6) is 0 Å². The molecular formula is C26H29N3O2. The quantitative estimate of drug-likeness (QED) is 0.322. The number of hydrogen-bond donors (Lipinski definition) is 2. The van der Waals surface area contributed by atoms with E-state index in [4.69, 9.17) is 5.21 Å². The Hall–Kier alpha value is -2.89. The highest BCUT2D eigenvalue weighted by molar-refractivity contribution is 5.90. The monoisotopic (exact) mass is 415 g/mol. The summed E-state index contributed by atoms with van der Waals surface area (Å²) >= 11 is 0. The Morgan fingerprint density at radius 3 is 2.87 bits per heavy atom. The van der Waals surface area contributed by atoms with E-state index in [1.54, 1.807) is 11.6 Å². The number of carbonyl (C=O) groups excluding carboxylic acids is 1. The minimum Gasteiger partial charge on any atom is -0.346 e. The van der Waals surface area contributed by atoms with E-state index in [1.807, 2.05) is 0 Å². The molecule has 31 heavy (non-hydrogen) atoms. The third-order valence-corrected chi connectivity index (χ3v) is 6.69. The molecule has 2 aliphatic rings. The Bertz CT molecular complexity index is 1110. The normalized spacial score (nSPS) is 18.2. The third kappa shape index (κ3) is 4.43. The fourth-order valence-electron chi connectivity index (χ4n) is 4.89. The maximum absolute atomic E-state index is 11.3. The molecule has 1 fully saturated rings. The maximum atomic E-state index is 11.3. The number of hydrogen-bond acceptors (Lipinski definition) is 3. The first-order valence-electron chi connectivity index (χ1n) is 11.2. The minimum atomic E-state index is -0.508. The Balaban J connectivity index is 1.33. The molecule has 160 valence electrons. The van der Waals surface area contributed by atoms with Gasteiger partial charge in [-0.15, -0.1) is 0 Å². The van der Waals surface area contributed by atoms with E-state index in [-0.39, 0.29) is 0 Å². The highest BCUT2D eigenvalue weighted by atomic mass is 16.5. The lowest BCUT2D eigenvalue weighted by Gasteiger charge is -2.30. The zero-order chi connectivity index (χ0) is 21.2. The number of carbonyl (C=O) groups is 1. The van der Waals surface area contributed by atoms with Crippen molar-refractivity contribution in [1.82, 2.24) is 14.9 Å². The number of aromatic nitrogens is 1. The maximum Gasteiger partial charge on any atom is 0.267 e. The van der Waals surface area contributed by atoms with Gasteiger partial charge < -0.3 is 4.57 Å². The molecule has 1 unspecified atom stereocenters. The second kappa shape index (κ2) is 8.69. The number of para-hydroxylation sites is 1. The van der Waals surface area contributed by atoms with Crippen molar-refractivity contribution in [2.75, 3.05) is 13.1 Å². The molecule has 0 radical (unpaired) electrons. The molecule has 5 nitrogen and oxygen atoms in total. The first-order chi connectivity index (χ1) is 15.2. The zero-order valence-electron chi connectivity index (χ0n) is 17.7. The lowest BCUT2D eigenvalue weighted by molar-refractivity contribution is -0.124. The second-order valence-electron chi connectivity index (χ2n) is 8.83. The van der Waals surface area contributed by atoms with Gasteiger partial charge in [0.2, 0.25) is 0 Å². The molecule has 1 saturated carbocycles. The van der Waals surface area contributed by atoms with E-state index >= 15 is 0 Å². The number of amides is 1. The summed E-state index contributed by atoms with van der Waals surface area (Å²) in [6.07, 6.45) is 10.3. The molecule has 0 spiro atoms. The van der Waals surface area contributed by atoms with Gasteiger partial charge in [-0.1, -0.05) is 36.4 Å². The number of benzene rings is 2. The minimum absolute atomic E-state index is 0.469. The summed E-state index contributed by atoms with van der Waals surface area (Å²) in [7, 11) is 0. The molecule has 2 N–H and O–H groups in total. The summed E-state index contributed by atoms with van der Waals surface area (Å²) in [4.78, 5) is 14.0. The number of fused-ring (bicyclic) bond motifs is 2. The van der Waals surface area contributed by atoms with Crippen LogP contribution in [0.2, 0.25) is 0 Å². The van der Waals surface area contributed by atoms with Crippen LogP contribution in [0.3, 0.4) is 0 Å². The lowest BCUT2D eigenvalue weighted by atomic mass is 10.0. The summed E-state index contributed by atoms with van der Waals surface area (Å²) in [5.41, 5.74) is 6.75. The van der Waals surface area contributed by atoms with E-state index < -0.39 is 5.91 Å². The Kier molecular flexibility index (Phi) is 5.62. The van der Waals surface area contributed by atoms with Gasteiger partial charge in [0, 0.05) is 43.5 Å². The van der Waals surface area contributed by atoms with Gasteiger partial charge in [-0.25, -0.2) is 5.48 Å². The molecule has 1 aromatic heterocycles. The van der Waals surface area contributed by atoms with Crippen molar-refractivity contribution in [3.05, 3.63) is 77.5 Å². The standard InChI is InChI=1S/C26H29N3O2/c30-26(27-31)12-8-19-7-10-23-22(17-19)9-11-25(23)29(18-20-5-6-20)16-15-28-14-13-21-3-1-2-4-24(21)28/h1-4,7-8,10,12-14,17,20,25,31H,5-6,9,11,15-16,18H2,(H,27,30)/b12-8+. The van der Waals surface area contributed by atoms with E-state index in [2.05, 4.69) is 64.2 Å². The molecule has 1 atom stereocenters. The van der Waals surface area contributed by atoms with Crippen molar-refractivity contribution in [1.29, 1.82) is 0 Å². The Morgan fingerprint density at radius 2 is 2.03 bits per heavy atom. The fraction of sp³-hybridized carbons (Fsp3) is 0.346. The summed E-state index contributed by atoms with van der Waals surface area (Å²) in [5, 5.41) is 9.96. The van der Waals surface area contributed by atoms with E-state index in [9.17, 15) is 4.79 Å². The number of nitrogens with one attached hydrogen (secondary N) is 1. The van der Waals surface area contributed by atoms with Crippen LogP contribution in [0.1, 0.15) is 42.0 Å². The Labute approximate surface area is 182 Å². The van der Waals surface area contributed by atoms with Crippen LogP contribution in [0, 0.1) is 5.92 Å². The highest BCUT2D eigenvalue weighted by Crippen LogP contribution is 2.39. The van der Waals surface area contributed by atoms with Crippen LogP contribution < -0.4 is 5.48 Å². The number of rotatable bonds is 8. The average Bonchev–Trinajstić information content (AvgIpc) is 3.38. The molecule has 3 aromatic rings. The average molecular weight is 416 g/mol. The number of aryl methyl sites for hydroxylation is 1. The van der Waals surface area contributed by atoms with Crippen molar-refractivity contribution in [3.8, 4) is 0 Å². The number of hydroxylamine groups is 1. The van der Waals surface area contributed by atoms with E-state index in [0.717, 1.165) is 37.4 Å². The molecular weight excluding hydrogens is 386 g/mol. The van der Waals surface area contributed by atoms with Gasteiger partial charge in [-0.05, 0) is 71.9 Å².